The number of carbonyl (C=O) groups excluding carboxylic acids is 5. The minimum atomic E-state index is -1.44. The van der Waals surface area contributed by atoms with Crippen molar-refractivity contribution in [3.63, 3.8) is 0 Å². The minimum absolute atomic E-state index is 0.0262. The molecule has 0 aromatic heterocycles. The Bertz CT molecular complexity index is 2760. The average molecular weight is 889 g/mol. The Morgan fingerprint density at radius 2 is 1.09 bits per heavy atom. The molecule has 5 amide bonds. The number of nitriles is 1. The van der Waals surface area contributed by atoms with Gasteiger partial charge < -0.3 is 66.3 Å². The van der Waals surface area contributed by atoms with Crippen LogP contribution in [0.25, 0.3) is 6.08 Å². The lowest BCUT2D eigenvalue weighted by atomic mass is 10.1. The summed E-state index contributed by atoms with van der Waals surface area (Å²) in [5.41, 5.74) is -0.117. The molecule has 65 heavy (non-hydrogen) atoms. The molecule has 0 unspecified atom stereocenters. The van der Waals surface area contributed by atoms with Gasteiger partial charge in [-0.15, -0.1) is 0 Å². The molecule has 0 aliphatic rings. The van der Waals surface area contributed by atoms with Crippen LogP contribution in [0.4, 0.5) is 22.7 Å². The molecule has 20 nitrogen and oxygen atoms in total. The molecule has 334 valence electrons. The molecule has 5 aromatic carbocycles. The van der Waals surface area contributed by atoms with Gasteiger partial charge in [-0.1, -0.05) is 12.1 Å². The molecular weight excluding hydrogens is 849 g/mol. The standard InChI is InChI=1S/C45H40N6O14/c1-22(21-23-5-11-26(52)12-6-23)40(56)48-30-16-13-28(35(54)37(30)63-2)43(59)51-33(19-20-46)44(60)47-25-9-7-24(8-10-25)41(57)49-31-17-14-27(34(53)38(31)64-3)42(58)50-32-18-15-29(45(61)62)36(55)39(32)65-4/h5-18,21,33,52-55H,19H2,1-4H3,(H,47,60)(H,48,56)(H,49,57)(H,50,58)(H,51,59)(H,61,62)/b22-21+/t33-/m0/s1. The highest BCUT2D eigenvalue weighted by Gasteiger charge is 2.27. The van der Waals surface area contributed by atoms with Crippen LogP contribution in [-0.2, 0) is 9.59 Å². The number of anilines is 4. The number of rotatable bonds is 16. The summed E-state index contributed by atoms with van der Waals surface area (Å²) in [5, 5.41) is 72.9. The Morgan fingerprint density at radius 1 is 0.615 bits per heavy atom. The Hall–Kier alpha value is -9.25. The Balaban J connectivity index is 1.23. The van der Waals surface area contributed by atoms with Crippen molar-refractivity contribution in [2.45, 2.75) is 19.4 Å². The van der Waals surface area contributed by atoms with E-state index in [1.54, 1.807) is 25.1 Å². The van der Waals surface area contributed by atoms with Gasteiger partial charge in [0, 0.05) is 16.8 Å². The predicted molar refractivity (Wildman–Crippen MR) is 234 cm³/mol. The van der Waals surface area contributed by atoms with Crippen LogP contribution >= 0.6 is 0 Å². The van der Waals surface area contributed by atoms with Crippen molar-refractivity contribution in [2.24, 2.45) is 0 Å². The second-order valence-electron chi connectivity index (χ2n) is 13.7. The molecule has 0 bridgehead atoms. The van der Waals surface area contributed by atoms with Crippen molar-refractivity contribution < 1.29 is 68.5 Å². The third kappa shape index (κ3) is 10.8. The number of phenolic OH excluding ortho intramolecular Hbond substituents is 3. The van der Waals surface area contributed by atoms with Crippen LogP contribution in [0.1, 0.15) is 60.3 Å². The molecule has 10 N–H and O–H groups in total. The SMILES string of the molecule is COc1c(NC(=O)c2ccc(NC(=O)c3ccc(NC(=O)[C@H](CC#N)NC(=O)c4ccc(NC(=O)/C(C)=C/c5ccc(O)cc5)c(OC)c4O)cc3)c(OC)c2O)ccc(C(=O)O)c1O. The highest BCUT2D eigenvalue weighted by Crippen LogP contribution is 2.41. The van der Waals surface area contributed by atoms with E-state index in [0.717, 1.165) is 13.2 Å². The van der Waals surface area contributed by atoms with E-state index in [9.17, 15) is 59.6 Å². The number of benzene rings is 5. The third-order valence-electron chi connectivity index (χ3n) is 9.44. The number of phenols is 4. The average Bonchev–Trinajstić information content (AvgIpc) is 3.27. The van der Waals surface area contributed by atoms with E-state index >= 15 is 0 Å². The molecule has 0 aliphatic carbocycles. The van der Waals surface area contributed by atoms with Crippen LogP contribution in [-0.4, -0.2) is 88.4 Å². The maximum atomic E-state index is 13.3. The van der Waals surface area contributed by atoms with Gasteiger partial charge in [-0.25, -0.2) is 4.79 Å². The second-order valence-corrected chi connectivity index (χ2v) is 13.7. The molecule has 5 rings (SSSR count). The largest absolute Gasteiger partial charge is 0.508 e. The second kappa shape index (κ2) is 20.5. The van der Waals surface area contributed by atoms with Gasteiger partial charge in [0.1, 0.15) is 17.4 Å². The molecule has 0 saturated heterocycles. The number of nitrogens with one attached hydrogen (secondary N) is 5. The van der Waals surface area contributed by atoms with Crippen molar-refractivity contribution in [2.75, 3.05) is 42.6 Å². The fraction of sp³-hybridized carbons (Fsp3) is 0.133. The minimum Gasteiger partial charge on any atom is -0.508 e. The summed E-state index contributed by atoms with van der Waals surface area (Å²) in [4.78, 5) is 77.3. The van der Waals surface area contributed by atoms with E-state index in [0.29, 0.717) is 5.56 Å². The molecule has 0 spiro atoms. The molecule has 0 aliphatic heterocycles. The fourth-order valence-electron chi connectivity index (χ4n) is 6.13. The summed E-state index contributed by atoms with van der Waals surface area (Å²) >= 11 is 0. The molecule has 0 saturated carbocycles. The Labute approximate surface area is 369 Å². The quantitative estimate of drug-likeness (QED) is 0.0552. The number of aromatic carboxylic acids is 1. The van der Waals surface area contributed by atoms with Crippen molar-refractivity contribution >= 4 is 64.3 Å². The predicted octanol–water partition coefficient (Wildman–Crippen LogP) is 5.43. The van der Waals surface area contributed by atoms with Crippen LogP contribution in [0.2, 0.25) is 0 Å². The van der Waals surface area contributed by atoms with Crippen LogP contribution in [0.3, 0.4) is 0 Å². The summed E-state index contributed by atoms with van der Waals surface area (Å²) in [6.07, 6.45) is 1.08. The molecular formula is C45H40N6O14. The van der Waals surface area contributed by atoms with E-state index in [1.165, 1.54) is 80.9 Å². The van der Waals surface area contributed by atoms with Crippen LogP contribution in [0.15, 0.2) is 90.5 Å². The zero-order valence-electron chi connectivity index (χ0n) is 34.8. The van der Waals surface area contributed by atoms with Gasteiger partial charge in [-0.2, -0.15) is 5.26 Å². The van der Waals surface area contributed by atoms with Crippen LogP contribution in [0, 0.1) is 11.3 Å². The van der Waals surface area contributed by atoms with Crippen LogP contribution in [0.5, 0.6) is 40.2 Å². The van der Waals surface area contributed by atoms with Crippen molar-refractivity contribution in [3.05, 3.63) is 118 Å². The lowest BCUT2D eigenvalue weighted by Gasteiger charge is -2.18. The molecule has 0 fully saturated rings. The first-order valence-electron chi connectivity index (χ1n) is 18.9. The Morgan fingerprint density at radius 3 is 1.60 bits per heavy atom. The summed E-state index contributed by atoms with van der Waals surface area (Å²) in [5.74, 6) is -8.27. The topological polar surface area (TPSA) is 315 Å². The normalized spacial score (nSPS) is 11.2. The summed E-state index contributed by atoms with van der Waals surface area (Å²) in [6.45, 7) is 1.55. The van der Waals surface area contributed by atoms with E-state index in [-0.39, 0.29) is 68.0 Å². The molecule has 5 aromatic rings. The lowest BCUT2D eigenvalue weighted by Crippen LogP contribution is -2.43. The number of hydrogen-bond donors (Lipinski definition) is 10. The molecule has 0 radical (unpaired) electrons. The fourth-order valence-corrected chi connectivity index (χ4v) is 6.13. The number of ether oxygens (including phenoxy) is 3. The summed E-state index contributed by atoms with van der Waals surface area (Å²) < 4.78 is 15.6. The van der Waals surface area contributed by atoms with Crippen molar-refractivity contribution in [3.8, 4) is 46.3 Å². The van der Waals surface area contributed by atoms with Gasteiger partial charge in [0.15, 0.2) is 34.5 Å². The van der Waals surface area contributed by atoms with Crippen molar-refractivity contribution in [1.29, 1.82) is 5.26 Å². The van der Waals surface area contributed by atoms with E-state index in [2.05, 4.69) is 26.6 Å². The highest BCUT2D eigenvalue weighted by atomic mass is 16.5. The van der Waals surface area contributed by atoms with E-state index < -0.39 is 70.8 Å². The molecule has 0 heterocycles. The van der Waals surface area contributed by atoms with Gasteiger partial charge in [0.25, 0.3) is 23.6 Å². The zero-order chi connectivity index (χ0) is 47.5. The van der Waals surface area contributed by atoms with Crippen LogP contribution < -0.4 is 40.8 Å². The monoisotopic (exact) mass is 888 g/mol. The summed E-state index contributed by atoms with van der Waals surface area (Å²) in [7, 11) is 3.53. The third-order valence-corrected chi connectivity index (χ3v) is 9.44. The lowest BCUT2D eigenvalue weighted by molar-refractivity contribution is -0.118. The Kier molecular flexibility index (Phi) is 14.8. The maximum absolute atomic E-state index is 13.3. The maximum Gasteiger partial charge on any atom is 0.339 e. The van der Waals surface area contributed by atoms with Gasteiger partial charge in [-0.05, 0) is 91.4 Å². The first-order valence-corrected chi connectivity index (χ1v) is 18.9. The van der Waals surface area contributed by atoms with E-state index in [1.807, 2.05) is 6.07 Å². The van der Waals surface area contributed by atoms with Gasteiger partial charge >= 0.3 is 5.97 Å². The number of carboxylic acid groups (broad SMARTS) is 1. The number of amides is 5. The number of nitrogens with zero attached hydrogens (tertiary/aromatic N) is 1. The molecule has 1 atom stereocenters. The van der Waals surface area contributed by atoms with E-state index in [4.69, 9.17) is 14.2 Å². The number of aromatic hydroxyl groups is 4. The molecule has 20 heteroatoms. The van der Waals surface area contributed by atoms with Gasteiger partial charge in [0.2, 0.25) is 5.91 Å². The number of methoxy groups -OCH3 is 3. The number of carbonyl (C=O) groups is 6. The first kappa shape index (κ1) is 46.8. The van der Waals surface area contributed by atoms with Gasteiger partial charge in [-0.3, -0.25) is 24.0 Å². The smallest absolute Gasteiger partial charge is 0.339 e. The zero-order valence-corrected chi connectivity index (χ0v) is 34.8. The van der Waals surface area contributed by atoms with Crippen molar-refractivity contribution in [1.82, 2.24) is 5.32 Å². The highest BCUT2D eigenvalue weighted by molar-refractivity contribution is 6.11. The number of hydrogen-bond acceptors (Lipinski definition) is 14. The van der Waals surface area contributed by atoms with Gasteiger partial charge in [0.05, 0.1) is 62.0 Å². The first-order chi connectivity index (χ1) is 31.0. The number of carboxylic acids is 1. The summed E-state index contributed by atoms with van der Waals surface area (Å²) in [6, 6.07) is 19.1.